The Labute approximate surface area is 124 Å². The van der Waals surface area contributed by atoms with Gasteiger partial charge in [-0.3, -0.25) is 4.79 Å². The summed E-state index contributed by atoms with van der Waals surface area (Å²) in [7, 11) is 0. The SMILES string of the molecule is CC(CCN)CCC(=O)NC(C)c1ccc(Br)cc1. The van der Waals surface area contributed by atoms with Crippen molar-refractivity contribution in [2.75, 3.05) is 6.54 Å². The number of rotatable bonds is 7. The molecule has 0 aliphatic heterocycles. The summed E-state index contributed by atoms with van der Waals surface area (Å²) >= 11 is 3.40. The smallest absolute Gasteiger partial charge is 0.220 e. The summed E-state index contributed by atoms with van der Waals surface area (Å²) in [6, 6.07) is 8.06. The zero-order valence-corrected chi connectivity index (χ0v) is 13.2. The van der Waals surface area contributed by atoms with E-state index in [4.69, 9.17) is 5.73 Å². The van der Waals surface area contributed by atoms with Crippen LogP contribution in [-0.4, -0.2) is 12.5 Å². The molecule has 106 valence electrons. The van der Waals surface area contributed by atoms with Gasteiger partial charge in [0.05, 0.1) is 6.04 Å². The van der Waals surface area contributed by atoms with Crippen LogP contribution in [0.1, 0.15) is 44.7 Å². The molecule has 0 fully saturated rings. The van der Waals surface area contributed by atoms with Crippen molar-refractivity contribution < 1.29 is 4.79 Å². The highest BCUT2D eigenvalue weighted by atomic mass is 79.9. The second-order valence-electron chi connectivity index (χ2n) is 5.06. The van der Waals surface area contributed by atoms with Crippen LogP contribution in [0, 0.1) is 5.92 Å². The lowest BCUT2D eigenvalue weighted by molar-refractivity contribution is -0.122. The Morgan fingerprint density at radius 2 is 1.89 bits per heavy atom. The first-order valence-electron chi connectivity index (χ1n) is 6.77. The van der Waals surface area contributed by atoms with Crippen LogP contribution >= 0.6 is 15.9 Å². The van der Waals surface area contributed by atoms with Gasteiger partial charge in [-0.2, -0.15) is 0 Å². The molecule has 0 radical (unpaired) electrons. The predicted octanol–water partition coefficient (Wildman–Crippen LogP) is 3.39. The Hall–Kier alpha value is -0.870. The molecule has 2 unspecified atom stereocenters. The number of hydrogen-bond donors (Lipinski definition) is 2. The van der Waals surface area contributed by atoms with Gasteiger partial charge < -0.3 is 11.1 Å². The molecule has 0 aromatic heterocycles. The van der Waals surface area contributed by atoms with Gasteiger partial charge in [0, 0.05) is 10.9 Å². The molecule has 1 aromatic rings. The lowest BCUT2D eigenvalue weighted by Crippen LogP contribution is -2.26. The first-order chi connectivity index (χ1) is 9.02. The van der Waals surface area contributed by atoms with Gasteiger partial charge in [-0.25, -0.2) is 0 Å². The fourth-order valence-corrected chi connectivity index (χ4v) is 2.22. The molecule has 0 spiro atoms. The fourth-order valence-electron chi connectivity index (χ4n) is 1.95. The molecule has 0 bridgehead atoms. The van der Waals surface area contributed by atoms with Gasteiger partial charge >= 0.3 is 0 Å². The van der Waals surface area contributed by atoms with Gasteiger partial charge in [-0.15, -0.1) is 0 Å². The van der Waals surface area contributed by atoms with E-state index in [0.29, 0.717) is 18.9 Å². The molecular weight excluding hydrogens is 304 g/mol. The molecule has 3 nitrogen and oxygen atoms in total. The average molecular weight is 327 g/mol. The normalized spacial score (nSPS) is 13.9. The molecule has 2 atom stereocenters. The molecule has 0 heterocycles. The zero-order chi connectivity index (χ0) is 14.3. The molecule has 4 heteroatoms. The number of benzene rings is 1. The maximum Gasteiger partial charge on any atom is 0.220 e. The third-order valence-corrected chi connectivity index (χ3v) is 3.80. The van der Waals surface area contributed by atoms with Gasteiger partial charge in [-0.05, 0) is 49.9 Å². The average Bonchev–Trinajstić information content (AvgIpc) is 2.37. The van der Waals surface area contributed by atoms with E-state index in [9.17, 15) is 4.79 Å². The first kappa shape index (κ1) is 16.2. The Bertz CT molecular complexity index is 392. The summed E-state index contributed by atoms with van der Waals surface area (Å²) < 4.78 is 1.05. The Balaban J connectivity index is 2.37. The molecule has 0 aliphatic carbocycles. The number of halogens is 1. The lowest BCUT2D eigenvalue weighted by atomic mass is 10.0. The van der Waals surface area contributed by atoms with Gasteiger partial charge in [0.2, 0.25) is 5.91 Å². The minimum Gasteiger partial charge on any atom is -0.350 e. The minimum atomic E-state index is 0.0467. The Morgan fingerprint density at radius 1 is 1.26 bits per heavy atom. The van der Waals surface area contributed by atoms with Crippen LogP contribution in [-0.2, 0) is 4.79 Å². The van der Waals surface area contributed by atoms with Crippen LogP contribution in [0.15, 0.2) is 28.7 Å². The van der Waals surface area contributed by atoms with E-state index in [1.807, 2.05) is 31.2 Å². The molecule has 3 N–H and O–H groups in total. The van der Waals surface area contributed by atoms with E-state index < -0.39 is 0 Å². The topological polar surface area (TPSA) is 55.1 Å². The van der Waals surface area contributed by atoms with E-state index in [2.05, 4.69) is 28.2 Å². The highest BCUT2D eigenvalue weighted by Gasteiger charge is 2.10. The molecular formula is C15H23BrN2O. The van der Waals surface area contributed by atoms with Gasteiger partial charge in [0.25, 0.3) is 0 Å². The highest BCUT2D eigenvalue weighted by molar-refractivity contribution is 9.10. The Morgan fingerprint density at radius 3 is 2.47 bits per heavy atom. The molecule has 0 aliphatic rings. The van der Waals surface area contributed by atoms with Crippen LogP contribution in [0.2, 0.25) is 0 Å². The molecule has 1 amide bonds. The maximum atomic E-state index is 11.9. The van der Waals surface area contributed by atoms with Crippen LogP contribution in [0.3, 0.4) is 0 Å². The number of nitrogens with one attached hydrogen (secondary N) is 1. The second kappa shape index (κ2) is 8.33. The molecule has 1 aromatic carbocycles. The summed E-state index contributed by atoms with van der Waals surface area (Å²) in [6.45, 7) is 4.83. The number of nitrogens with two attached hydrogens (primary N) is 1. The van der Waals surface area contributed by atoms with E-state index in [-0.39, 0.29) is 11.9 Å². The molecule has 1 rings (SSSR count). The number of carbonyl (C=O) groups excluding carboxylic acids is 1. The van der Waals surface area contributed by atoms with E-state index in [0.717, 1.165) is 22.9 Å². The third-order valence-electron chi connectivity index (χ3n) is 3.27. The summed E-state index contributed by atoms with van der Waals surface area (Å²) in [5.41, 5.74) is 6.62. The zero-order valence-electron chi connectivity index (χ0n) is 11.7. The van der Waals surface area contributed by atoms with Gasteiger partial charge in [-0.1, -0.05) is 35.0 Å². The summed E-state index contributed by atoms with van der Waals surface area (Å²) in [5.74, 6) is 0.623. The van der Waals surface area contributed by atoms with Crippen molar-refractivity contribution in [3.63, 3.8) is 0 Å². The van der Waals surface area contributed by atoms with Crippen LogP contribution in [0.4, 0.5) is 0 Å². The summed E-state index contributed by atoms with van der Waals surface area (Å²) in [6.07, 6.45) is 2.45. The first-order valence-corrected chi connectivity index (χ1v) is 7.57. The van der Waals surface area contributed by atoms with E-state index in [1.165, 1.54) is 0 Å². The molecule has 19 heavy (non-hydrogen) atoms. The van der Waals surface area contributed by atoms with Crippen molar-refractivity contribution in [3.05, 3.63) is 34.3 Å². The van der Waals surface area contributed by atoms with Crippen LogP contribution in [0.25, 0.3) is 0 Å². The predicted molar refractivity (Wildman–Crippen MR) is 82.8 cm³/mol. The number of hydrogen-bond acceptors (Lipinski definition) is 2. The van der Waals surface area contributed by atoms with Crippen molar-refractivity contribution >= 4 is 21.8 Å². The fraction of sp³-hybridized carbons (Fsp3) is 0.533. The highest BCUT2D eigenvalue weighted by Crippen LogP contribution is 2.17. The summed E-state index contributed by atoms with van der Waals surface area (Å²) in [4.78, 5) is 11.9. The number of amides is 1. The molecule has 0 saturated carbocycles. The second-order valence-corrected chi connectivity index (χ2v) is 5.98. The lowest BCUT2D eigenvalue weighted by Gasteiger charge is -2.15. The van der Waals surface area contributed by atoms with Crippen LogP contribution in [0.5, 0.6) is 0 Å². The van der Waals surface area contributed by atoms with Gasteiger partial charge in [0.15, 0.2) is 0 Å². The van der Waals surface area contributed by atoms with Crippen molar-refractivity contribution in [2.45, 2.75) is 39.2 Å². The van der Waals surface area contributed by atoms with Crippen molar-refractivity contribution in [1.82, 2.24) is 5.32 Å². The summed E-state index contributed by atoms with van der Waals surface area (Å²) in [5, 5.41) is 3.03. The largest absolute Gasteiger partial charge is 0.350 e. The monoisotopic (exact) mass is 326 g/mol. The Kier molecular flexibility index (Phi) is 7.10. The van der Waals surface area contributed by atoms with Crippen molar-refractivity contribution in [2.24, 2.45) is 11.7 Å². The van der Waals surface area contributed by atoms with Crippen molar-refractivity contribution in [3.8, 4) is 0 Å². The van der Waals surface area contributed by atoms with Gasteiger partial charge in [0.1, 0.15) is 0 Å². The third kappa shape index (κ3) is 6.21. The van der Waals surface area contributed by atoms with E-state index in [1.54, 1.807) is 0 Å². The van der Waals surface area contributed by atoms with Crippen LogP contribution < -0.4 is 11.1 Å². The van der Waals surface area contributed by atoms with Crippen molar-refractivity contribution in [1.29, 1.82) is 0 Å². The minimum absolute atomic E-state index is 0.0467. The standard InChI is InChI=1S/C15H23BrN2O/c1-11(9-10-17)3-8-15(19)18-12(2)13-4-6-14(16)7-5-13/h4-7,11-12H,3,8-10,17H2,1-2H3,(H,18,19). The number of carbonyl (C=O) groups is 1. The van der Waals surface area contributed by atoms with E-state index >= 15 is 0 Å². The quantitative estimate of drug-likeness (QED) is 0.806. The maximum absolute atomic E-state index is 11.9. The molecule has 0 saturated heterocycles.